The van der Waals surface area contributed by atoms with Crippen LogP contribution in [0.4, 0.5) is 0 Å². The van der Waals surface area contributed by atoms with Gasteiger partial charge >= 0.3 is 0 Å². The van der Waals surface area contributed by atoms with Crippen molar-refractivity contribution in [2.75, 3.05) is 0 Å². The quantitative estimate of drug-likeness (QED) is 0.855. The second kappa shape index (κ2) is 6.00. The molecular formula is C19H29NO. The van der Waals surface area contributed by atoms with Gasteiger partial charge in [0.2, 0.25) is 0 Å². The van der Waals surface area contributed by atoms with E-state index in [-0.39, 0.29) is 5.60 Å². The number of fused-ring (bicyclic) bond motifs is 1. The van der Waals surface area contributed by atoms with Crippen LogP contribution in [-0.4, -0.2) is 11.6 Å². The average Bonchev–Trinajstić information content (AvgIpc) is 2.72. The summed E-state index contributed by atoms with van der Waals surface area (Å²) in [6.07, 6.45) is 8.16. The van der Waals surface area contributed by atoms with Gasteiger partial charge in [0.05, 0.1) is 6.04 Å². The third kappa shape index (κ3) is 3.11. The molecular weight excluding hydrogens is 258 g/mol. The normalized spacial score (nSPS) is 30.7. The number of nitrogens with one attached hydrogen (secondary N) is 1. The van der Waals surface area contributed by atoms with Crippen molar-refractivity contribution in [3.05, 3.63) is 29.8 Å². The van der Waals surface area contributed by atoms with Crippen LogP contribution in [0.15, 0.2) is 24.3 Å². The molecule has 1 heterocycles. The van der Waals surface area contributed by atoms with Gasteiger partial charge in [0.1, 0.15) is 11.4 Å². The van der Waals surface area contributed by atoms with E-state index in [1.165, 1.54) is 44.1 Å². The zero-order valence-corrected chi connectivity index (χ0v) is 13.7. The van der Waals surface area contributed by atoms with Gasteiger partial charge in [-0.3, -0.25) is 0 Å². The highest BCUT2D eigenvalue weighted by Gasteiger charge is 2.42. The Morgan fingerprint density at radius 1 is 1.14 bits per heavy atom. The van der Waals surface area contributed by atoms with Crippen LogP contribution < -0.4 is 10.1 Å². The minimum atomic E-state index is -0.149. The first-order chi connectivity index (χ1) is 10.1. The first-order valence-corrected chi connectivity index (χ1v) is 8.64. The van der Waals surface area contributed by atoms with Crippen molar-refractivity contribution in [3.63, 3.8) is 0 Å². The molecule has 1 aromatic carbocycles. The lowest BCUT2D eigenvalue weighted by molar-refractivity contribution is 0.0857. The highest BCUT2D eigenvalue weighted by Crippen LogP contribution is 2.43. The molecule has 1 aromatic rings. The molecule has 1 aliphatic heterocycles. The maximum absolute atomic E-state index is 6.15. The summed E-state index contributed by atoms with van der Waals surface area (Å²) in [5, 5.41) is 3.90. The lowest BCUT2D eigenvalue weighted by Crippen LogP contribution is -2.44. The minimum Gasteiger partial charge on any atom is -0.486 e. The van der Waals surface area contributed by atoms with E-state index < -0.39 is 0 Å². The van der Waals surface area contributed by atoms with Gasteiger partial charge in [0.15, 0.2) is 0 Å². The molecule has 0 saturated heterocycles. The molecule has 0 radical (unpaired) electrons. The van der Waals surface area contributed by atoms with E-state index in [4.69, 9.17) is 4.74 Å². The van der Waals surface area contributed by atoms with Crippen molar-refractivity contribution < 1.29 is 4.74 Å². The van der Waals surface area contributed by atoms with Gasteiger partial charge in [-0.1, -0.05) is 38.0 Å². The Bertz CT molecular complexity index is 474. The zero-order valence-electron chi connectivity index (χ0n) is 13.7. The highest BCUT2D eigenvalue weighted by molar-refractivity contribution is 5.42. The van der Waals surface area contributed by atoms with E-state index in [1.807, 2.05) is 0 Å². The summed E-state index contributed by atoms with van der Waals surface area (Å²) in [5.74, 6) is 2.02. The van der Waals surface area contributed by atoms with Crippen molar-refractivity contribution in [2.24, 2.45) is 5.92 Å². The molecule has 0 amide bonds. The maximum Gasteiger partial charge on any atom is 0.125 e. The molecule has 1 unspecified atom stereocenters. The average molecular weight is 287 g/mol. The van der Waals surface area contributed by atoms with Gasteiger partial charge in [-0.05, 0) is 51.5 Å². The van der Waals surface area contributed by atoms with E-state index >= 15 is 0 Å². The van der Waals surface area contributed by atoms with E-state index in [0.29, 0.717) is 12.1 Å². The van der Waals surface area contributed by atoms with E-state index in [2.05, 4.69) is 50.4 Å². The van der Waals surface area contributed by atoms with Gasteiger partial charge in [-0.15, -0.1) is 0 Å². The second-order valence-electron chi connectivity index (χ2n) is 7.35. The summed E-state index contributed by atoms with van der Waals surface area (Å²) in [4.78, 5) is 0. The Hall–Kier alpha value is -1.02. The van der Waals surface area contributed by atoms with E-state index in [1.54, 1.807) is 0 Å². The van der Waals surface area contributed by atoms with Crippen LogP contribution in [0, 0.1) is 5.92 Å². The standard InChI is InChI=1S/C19H29NO/c1-4-7-14-10-12-15(13-11-14)20-18-16-8-5-6-9-17(16)21-19(18,2)3/h5-6,8-9,14-15,18,20H,4,7,10-13H2,1-3H3. The van der Waals surface area contributed by atoms with Crippen molar-refractivity contribution in [1.29, 1.82) is 0 Å². The molecule has 21 heavy (non-hydrogen) atoms. The molecule has 116 valence electrons. The molecule has 0 spiro atoms. The Labute approximate surface area is 129 Å². The summed E-state index contributed by atoms with van der Waals surface area (Å²) >= 11 is 0. The molecule has 2 aliphatic rings. The molecule has 1 atom stereocenters. The summed E-state index contributed by atoms with van der Waals surface area (Å²) < 4.78 is 6.15. The summed E-state index contributed by atoms with van der Waals surface area (Å²) in [5.41, 5.74) is 1.18. The number of hydrogen-bond donors (Lipinski definition) is 1. The topological polar surface area (TPSA) is 21.3 Å². The van der Waals surface area contributed by atoms with Gasteiger partial charge < -0.3 is 10.1 Å². The van der Waals surface area contributed by atoms with Gasteiger partial charge in [0.25, 0.3) is 0 Å². The van der Waals surface area contributed by atoms with Gasteiger partial charge in [-0.25, -0.2) is 0 Å². The molecule has 2 heteroatoms. The Morgan fingerprint density at radius 2 is 1.86 bits per heavy atom. The lowest BCUT2D eigenvalue weighted by Gasteiger charge is -2.35. The minimum absolute atomic E-state index is 0.149. The van der Waals surface area contributed by atoms with Crippen molar-refractivity contribution in [2.45, 2.75) is 77.0 Å². The second-order valence-corrected chi connectivity index (χ2v) is 7.35. The van der Waals surface area contributed by atoms with Crippen LogP contribution in [-0.2, 0) is 0 Å². The molecule has 1 saturated carbocycles. The van der Waals surface area contributed by atoms with Crippen LogP contribution in [0.3, 0.4) is 0 Å². The smallest absolute Gasteiger partial charge is 0.125 e. The molecule has 1 fully saturated rings. The monoisotopic (exact) mass is 287 g/mol. The fraction of sp³-hybridized carbons (Fsp3) is 0.684. The fourth-order valence-corrected chi connectivity index (χ4v) is 4.08. The molecule has 1 aliphatic carbocycles. The van der Waals surface area contributed by atoms with E-state index in [0.717, 1.165) is 11.7 Å². The van der Waals surface area contributed by atoms with Crippen molar-refractivity contribution in [1.82, 2.24) is 5.32 Å². The number of ether oxygens (including phenoxy) is 1. The number of hydrogen-bond acceptors (Lipinski definition) is 2. The zero-order chi connectivity index (χ0) is 14.9. The van der Waals surface area contributed by atoms with Crippen LogP contribution in [0.25, 0.3) is 0 Å². The predicted molar refractivity (Wildman–Crippen MR) is 87.7 cm³/mol. The van der Waals surface area contributed by atoms with Crippen LogP contribution in [0.1, 0.15) is 70.9 Å². The number of para-hydroxylation sites is 1. The molecule has 1 N–H and O–H groups in total. The first-order valence-electron chi connectivity index (χ1n) is 8.64. The van der Waals surface area contributed by atoms with Gasteiger partial charge in [-0.2, -0.15) is 0 Å². The Kier molecular flexibility index (Phi) is 4.26. The number of rotatable bonds is 4. The Balaban J connectivity index is 1.65. The Morgan fingerprint density at radius 3 is 2.57 bits per heavy atom. The fourth-order valence-electron chi connectivity index (χ4n) is 4.08. The first kappa shape index (κ1) is 14.9. The molecule has 0 aromatic heterocycles. The molecule has 2 nitrogen and oxygen atoms in total. The summed E-state index contributed by atoms with van der Waals surface area (Å²) in [6.45, 7) is 6.71. The number of benzene rings is 1. The highest BCUT2D eigenvalue weighted by atomic mass is 16.5. The predicted octanol–water partition coefficient (Wildman–Crippen LogP) is 4.85. The van der Waals surface area contributed by atoms with E-state index in [9.17, 15) is 0 Å². The molecule has 0 bridgehead atoms. The third-order valence-corrected chi connectivity index (χ3v) is 5.24. The van der Waals surface area contributed by atoms with Crippen LogP contribution in [0.2, 0.25) is 0 Å². The van der Waals surface area contributed by atoms with Crippen molar-refractivity contribution in [3.8, 4) is 5.75 Å². The summed E-state index contributed by atoms with van der Waals surface area (Å²) in [7, 11) is 0. The SMILES string of the molecule is CCCC1CCC(NC2c3ccccc3OC2(C)C)CC1. The third-order valence-electron chi connectivity index (χ3n) is 5.24. The largest absolute Gasteiger partial charge is 0.486 e. The van der Waals surface area contributed by atoms with Crippen molar-refractivity contribution >= 4 is 0 Å². The van der Waals surface area contributed by atoms with Gasteiger partial charge in [0, 0.05) is 11.6 Å². The lowest BCUT2D eigenvalue weighted by atomic mass is 9.82. The van der Waals surface area contributed by atoms with Crippen LogP contribution in [0.5, 0.6) is 5.75 Å². The maximum atomic E-state index is 6.15. The summed E-state index contributed by atoms with van der Waals surface area (Å²) in [6, 6.07) is 9.46. The molecule has 3 rings (SSSR count). The van der Waals surface area contributed by atoms with Crippen LogP contribution >= 0.6 is 0 Å².